The lowest BCUT2D eigenvalue weighted by Crippen LogP contribution is -2.37. The maximum atomic E-state index is 10.9. The second-order valence-electron chi connectivity index (χ2n) is 3.91. The summed E-state index contributed by atoms with van der Waals surface area (Å²) in [6.45, 7) is 1.52. The van der Waals surface area contributed by atoms with Crippen LogP contribution < -0.4 is 4.90 Å². The van der Waals surface area contributed by atoms with Crippen molar-refractivity contribution >= 4 is 28.7 Å². The van der Waals surface area contributed by atoms with Gasteiger partial charge in [-0.3, -0.25) is 9.69 Å². The fourth-order valence-electron chi connectivity index (χ4n) is 1.89. The number of anilines is 1. The first-order valence-electron chi connectivity index (χ1n) is 5.21. The molecule has 0 spiro atoms. The molecule has 1 unspecified atom stereocenters. The molecule has 1 heterocycles. The van der Waals surface area contributed by atoms with E-state index in [-0.39, 0.29) is 0 Å². The van der Waals surface area contributed by atoms with Crippen LogP contribution in [0, 0.1) is 0 Å². The van der Waals surface area contributed by atoms with Crippen molar-refractivity contribution < 1.29 is 14.7 Å². The summed E-state index contributed by atoms with van der Waals surface area (Å²) in [4.78, 5) is 24.4. The fraction of sp³-hybridized carbons (Fsp3) is 0.455. The first-order chi connectivity index (χ1) is 7.63. The van der Waals surface area contributed by atoms with Crippen molar-refractivity contribution in [2.75, 3.05) is 4.90 Å². The molecule has 16 heavy (non-hydrogen) atoms. The normalized spacial score (nSPS) is 15.6. The highest BCUT2D eigenvalue weighted by Gasteiger charge is 2.24. The summed E-state index contributed by atoms with van der Waals surface area (Å²) >= 11 is 1.53. The standard InChI is InChI=1S/C11H13NO3S/c1-7(11(14)15)12(6-13)10-5-8-3-2-4-9(8)16-10/h5-7H,2-4H2,1H3,(H,14,15). The van der Waals surface area contributed by atoms with Crippen molar-refractivity contribution in [1.82, 2.24) is 0 Å². The number of thiophene rings is 1. The van der Waals surface area contributed by atoms with E-state index in [0.29, 0.717) is 6.41 Å². The average Bonchev–Trinajstić information content (AvgIpc) is 2.78. The number of amides is 1. The Kier molecular flexibility index (Phi) is 2.96. The Morgan fingerprint density at radius 2 is 2.38 bits per heavy atom. The van der Waals surface area contributed by atoms with Gasteiger partial charge in [0, 0.05) is 4.88 Å². The number of fused-ring (bicyclic) bond motifs is 1. The Balaban J connectivity index is 2.26. The van der Waals surface area contributed by atoms with Crippen molar-refractivity contribution in [3.05, 3.63) is 16.5 Å². The molecule has 0 fully saturated rings. The summed E-state index contributed by atoms with van der Waals surface area (Å²) in [5.74, 6) is -0.986. The summed E-state index contributed by atoms with van der Waals surface area (Å²) in [6, 6.07) is 1.14. The molecule has 4 nitrogen and oxygen atoms in total. The molecule has 1 aliphatic rings. The van der Waals surface area contributed by atoms with Gasteiger partial charge in [-0.1, -0.05) is 0 Å². The number of carbonyl (C=O) groups is 2. The minimum atomic E-state index is -0.986. The van der Waals surface area contributed by atoms with Crippen LogP contribution in [-0.4, -0.2) is 23.5 Å². The highest BCUT2D eigenvalue weighted by atomic mass is 32.1. The molecule has 0 aromatic carbocycles. The van der Waals surface area contributed by atoms with Gasteiger partial charge in [-0.05, 0) is 37.8 Å². The molecule has 2 rings (SSSR count). The molecule has 0 radical (unpaired) electrons. The fourth-order valence-corrected chi connectivity index (χ4v) is 3.19. The number of carbonyl (C=O) groups excluding carboxylic acids is 1. The first kappa shape index (κ1) is 11.1. The topological polar surface area (TPSA) is 57.6 Å². The van der Waals surface area contributed by atoms with Gasteiger partial charge in [0.1, 0.15) is 6.04 Å². The van der Waals surface area contributed by atoms with Crippen molar-refractivity contribution in [2.45, 2.75) is 32.2 Å². The average molecular weight is 239 g/mol. The lowest BCUT2D eigenvalue weighted by molar-refractivity contribution is -0.138. The SMILES string of the molecule is CC(C(=O)O)N(C=O)c1cc2c(s1)CCC2. The Hall–Kier alpha value is -1.36. The molecule has 0 saturated carbocycles. The van der Waals surface area contributed by atoms with Gasteiger partial charge in [0.2, 0.25) is 6.41 Å². The number of nitrogens with zero attached hydrogens (tertiary/aromatic N) is 1. The number of hydrogen-bond donors (Lipinski definition) is 1. The second kappa shape index (κ2) is 4.25. The zero-order valence-corrected chi connectivity index (χ0v) is 9.79. The summed E-state index contributed by atoms with van der Waals surface area (Å²) in [6.07, 6.45) is 3.85. The van der Waals surface area contributed by atoms with Crippen molar-refractivity contribution in [1.29, 1.82) is 0 Å². The van der Waals surface area contributed by atoms with Gasteiger partial charge in [-0.2, -0.15) is 0 Å². The van der Waals surface area contributed by atoms with Gasteiger partial charge in [0.25, 0.3) is 0 Å². The van der Waals surface area contributed by atoms with Gasteiger partial charge in [-0.25, -0.2) is 4.79 Å². The molecule has 1 N–H and O–H groups in total. The maximum Gasteiger partial charge on any atom is 0.326 e. The molecule has 1 aliphatic carbocycles. The third-order valence-corrected chi connectivity index (χ3v) is 4.13. The minimum absolute atomic E-state index is 0.597. The van der Waals surface area contributed by atoms with Crippen molar-refractivity contribution in [2.24, 2.45) is 0 Å². The van der Waals surface area contributed by atoms with E-state index in [1.54, 1.807) is 0 Å². The van der Waals surface area contributed by atoms with Gasteiger partial charge < -0.3 is 5.11 Å². The third-order valence-electron chi connectivity index (χ3n) is 2.88. The minimum Gasteiger partial charge on any atom is -0.480 e. The zero-order valence-electron chi connectivity index (χ0n) is 8.97. The molecule has 0 saturated heterocycles. The largest absolute Gasteiger partial charge is 0.480 e. The number of carboxylic acids is 1. The molecular formula is C11H13NO3S. The molecule has 86 valence electrons. The van der Waals surface area contributed by atoms with Crippen molar-refractivity contribution in [3.8, 4) is 0 Å². The summed E-state index contributed by atoms with van der Waals surface area (Å²) in [5, 5.41) is 9.64. The van der Waals surface area contributed by atoms with E-state index in [9.17, 15) is 9.59 Å². The molecule has 1 amide bonds. The molecule has 0 aliphatic heterocycles. The van der Waals surface area contributed by atoms with E-state index in [1.165, 1.54) is 33.6 Å². The first-order valence-corrected chi connectivity index (χ1v) is 6.03. The highest BCUT2D eigenvalue weighted by molar-refractivity contribution is 7.16. The van der Waals surface area contributed by atoms with Crippen LogP contribution in [0.3, 0.4) is 0 Å². The number of hydrogen-bond acceptors (Lipinski definition) is 3. The monoisotopic (exact) mass is 239 g/mol. The van der Waals surface area contributed by atoms with E-state index >= 15 is 0 Å². The van der Waals surface area contributed by atoms with E-state index < -0.39 is 12.0 Å². The van der Waals surface area contributed by atoms with E-state index in [2.05, 4.69) is 0 Å². The number of rotatable bonds is 4. The molecule has 1 aromatic heterocycles. The maximum absolute atomic E-state index is 10.9. The van der Waals surface area contributed by atoms with Crippen LogP contribution in [0.4, 0.5) is 5.00 Å². The molecule has 0 bridgehead atoms. The smallest absolute Gasteiger partial charge is 0.326 e. The van der Waals surface area contributed by atoms with E-state index in [4.69, 9.17) is 5.11 Å². The Morgan fingerprint density at radius 1 is 1.62 bits per heavy atom. The third kappa shape index (κ3) is 1.82. The van der Waals surface area contributed by atoms with Gasteiger partial charge in [0.05, 0.1) is 5.00 Å². The van der Waals surface area contributed by atoms with Crippen LogP contribution in [0.5, 0.6) is 0 Å². The van der Waals surface area contributed by atoms with Gasteiger partial charge >= 0.3 is 5.97 Å². The Labute approximate surface area is 97.5 Å². The summed E-state index contributed by atoms with van der Waals surface area (Å²) in [7, 11) is 0. The zero-order chi connectivity index (χ0) is 11.7. The summed E-state index contributed by atoms with van der Waals surface area (Å²) < 4.78 is 0. The van der Waals surface area contributed by atoms with E-state index in [1.807, 2.05) is 6.07 Å². The second-order valence-corrected chi connectivity index (χ2v) is 5.03. The highest BCUT2D eigenvalue weighted by Crippen LogP contribution is 2.36. The molecule has 1 aromatic rings. The van der Waals surface area contributed by atoms with E-state index in [0.717, 1.165) is 24.3 Å². The summed E-state index contributed by atoms with van der Waals surface area (Å²) in [5.41, 5.74) is 1.27. The lowest BCUT2D eigenvalue weighted by Gasteiger charge is -2.19. The quantitative estimate of drug-likeness (QED) is 0.813. The van der Waals surface area contributed by atoms with Crippen LogP contribution in [0.1, 0.15) is 23.8 Å². The predicted molar refractivity (Wildman–Crippen MR) is 62.0 cm³/mol. The van der Waals surface area contributed by atoms with Gasteiger partial charge in [-0.15, -0.1) is 11.3 Å². The Bertz CT molecular complexity index is 405. The molecule has 5 heteroatoms. The van der Waals surface area contributed by atoms with Crippen LogP contribution in [0.25, 0.3) is 0 Å². The van der Waals surface area contributed by atoms with Crippen molar-refractivity contribution in [3.63, 3.8) is 0 Å². The predicted octanol–water partition coefficient (Wildman–Crippen LogP) is 1.67. The lowest BCUT2D eigenvalue weighted by atomic mass is 10.2. The number of aliphatic carboxylic acids is 1. The molecule has 1 atom stereocenters. The number of aryl methyl sites for hydroxylation is 2. The van der Waals surface area contributed by atoms with Gasteiger partial charge in [0.15, 0.2) is 0 Å². The van der Waals surface area contributed by atoms with Crippen LogP contribution in [-0.2, 0) is 22.4 Å². The molecular weight excluding hydrogens is 226 g/mol. The van der Waals surface area contributed by atoms with Crippen LogP contribution in [0.15, 0.2) is 6.07 Å². The van der Waals surface area contributed by atoms with Crippen LogP contribution in [0.2, 0.25) is 0 Å². The Morgan fingerprint density at radius 3 is 2.94 bits per heavy atom. The van der Waals surface area contributed by atoms with Crippen LogP contribution >= 0.6 is 11.3 Å². The number of carboxylic acid groups (broad SMARTS) is 1.